The monoisotopic (exact) mass is 294 g/mol. The molecule has 2 aromatic rings. The summed E-state index contributed by atoms with van der Waals surface area (Å²) in [5.41, 5.74) is 0.292. The molecule has 0 saturated heterocycles. The molecule has 0 radical (unpaired) electrons. The van der Waals surface area contributed by atoms with Crippen LogP contribution in [-0.4, -0.2) is 17.0 Å². The molecule has 6 heteroatoms. The summed E-state index contributed by atoms with van der Waals surface area (Å²) in [4.78, 5) is 8.71. The fourth-order valence-electron chi connectivity index (χ4n) is 1.76. The van der Waals surface area contributed by atoms with Gasteiger partial charge >= 0.3 is 0 Å². The van der Waals surface area contributed by atoms with Gasteiger partial charge in [0, 0.05) is 19.5 Å². The highest BCUT2D eigenvalue weighted by atomic mass is 35.5. The Bertz CT molecular complexity index is 604. The third-order valence-electron chi connectivity index (χ3n) is 2.72. The molecule has 2 rings (SSSR count). The van der Waals surface area contributed by atoms with Crippen molar-refractivity contribution in [2.24, 2.45) is 0 Å². The average Bonchev–Trinajstić information content (AvgIpc) is 2.44. The lowest BCUT2D eigenvalue weighted by molar-refractivity contribution is 0.632. The molecule has 0 saturated carbocycles. The minimum Gasteiger partial charge on any atom is -0.373 e. The highest BCUT2D eigenvalue weighted by Crippen LogP contribution is 2.25. The van der Waals surface area contributed by atoms with Crippen molar-refractivity contribution < 1.29 is 4.39 Å². The zero-order chi connectivity index (χ0) is 14.5. The molecule has 1 aromatic heterocycles. The molecular formula is C14H16ClFN4. The van der Waals surface area contributed by atoms with E-state index >= 15 is 0 Å². The molecule has 2 N–H and O–H groups in total. The third-order valence-corrected chi connectivity index (χ3v) is 3.01. The molecule has 106 valence electrons. The van der Waals surface area contributed by atoms with Gasteiger partial charge in [-0.15, -0.1) is 0 Å². The summed E-state index contributed by atoms with van der Waals surface area (Å²) in [6, 6.07) is 6.52. The van der Waals surface area contributed by atoms with E-state index in [0.29, 0.717) is 23.1 Å². The quantitative estimate of drug-likeness (QED) is 0.875. The summed E-state index contributed by atoms with van der Waals surface area (Å²) in [5.74, 6) is 1.45. The number of halogens is 2. The Hall–Kier alpha value is -1.88. The predicted molar refractivity (Wildman–Crippen MR) is 80.3 cm³/mol. The van der Waals surface area contributed by atoms with Crippen LogP contribution in [0.2, 0.25) is 5.02 Å². The Morgan fingerprint density at radius 3 is 2.70 bits per heavy atom. The average molecular weight is 295 g/mol. The molecule has 4 nitrogen and oxygen atoms in total. The van der Waals surface area contributed by atoms with Crippen LogP contribution in [0.1, 0.15) is 19.2 Å². The Labute approximate surface area is 122 Å². The Kier molecular flexibility index (Phi) is 4.74. The second-order valence-corrected chi connectivity index (χ2v) is 4.69. The largest absolute Gasteiger partial charge is 0.373 e. The number of hydrogen-bond acceptors (Lipinski definition) is 4. The minimum atomic E-state index is -0.490. The maximum absolute atomic E-state index is 13.9. The summed E-state index contributed by atoms with van der Waals surface area (Å²) in [7, 11) is 1.78. The molecule has 0 unspecified atom stereocenters. The summed E-state index contributed by atoms with van der Waals surface area (Å²) in [6.07, 6.45) is 1.71. The van der Waals surface area contributed by atoms with Gasteiger partial charge in [0.2, 0.25) is 0 Å². The number of rotatable bonds is 5. The number of hydrogen-bond donors (Lipinski definition) is 2. The summed E-state index contributed by atoms with van der Waals surface area (Å²) >= 11 is 5.76. The van der Waals surface area contributed by atoms with Gasteiger partial charge in [0.05, 0.1) is 10.7 Å². The fraction of sp³-hybridized carbons (Fsp3) is 0.286. The van der Waals surface area contributed by atoms with Crippen molar-refractivity contribution in [2.75, 3.05) is 17.7 Å². The number of nitrogens with one attached hydrogen (secondary N) is 2. The van der Waals surface area contributed by atoms with E-state index in [-0.39, 0.29) is 5.02 Å². The van der Waals surface area contributed by atoms with Gasteiger partial charge in [0.1, 0.15) is 17.5 Å². The van der Waals surface area contributed by atoms with E-state index in [9.17, 15) is 4.39 Å². The first-order chi connectivity index (χ1) is 9.63. The van der Waals surface area contributed by atoms with Gasteiger partial charge in [0.25, 0.3) is 0 Å². The van der Waals surface area contributed by atoms with E-state index in [1.807, 2.05) is 0 Å². The van der Waals surface area contributed by atoms with Gasteiger partial charge in [-0.1, -0.05) is 24.6 Å². The van der Waals surface area contributed by atoms with Crippen LogP contribution in [0, 0.1) is 5.82 Å². The lowest BCUT2D eigenvalue weighted by Crippen LogP contribution is -2.04. The van der Waals surface area contributed by atoms with Gasteiger partial charge in [0.15, 0.2) is 5.82 Å². The molecule has 0 atom stereocenters. The van der Waals surface area contributed by atoms with Gasteiger partial charge in [-0.25, -0.2) is 14.4 Å². The van der Waals surface area contributed by atoms with E-state index in [4.69, 9.17) is 11.6 Å². The maximum atomic E-state index is 13.9. The Morgan fingerprint density at radius 1 is 1.25 bits per heavy atom. The van der Waals surface area contributed by atoms with Crippen molar-refractivity contribution in [1.29, 1.82) is 0 Å². The zero-order valence-corrected chi connectivity index (χ0v) is 12.1. The first kappa shape index (κ1) is 14.5. The van der Waals surface area contributed by atoms with Crippen LogP contribution in [0.5, 0.6) is 0 Å². The van der Waals surface area contributed by atoms with Crippen LogP contribution in [0.15, 0.2) is 24.3 Å². The van der Waals surface area contributed by atoms with E-state index in [1.165, 1.54) is 6.07 Å². The molecular weight excluding hydrogens is 279 g/mol. The second-order valence-electron chi connectivity index (χ2n) is 4.28. The highest BCUT2D eigenvalue weighted by molar-refractivity contribution is 6.31. The van der Waals surface area contributed by atoms with Gasteiger partial charge in [-0.2, -0.15) is 0 Å². The molecule has 20 heavy (non-hydrogen) atoms. The standard InChI is InChI=1S/C14H16ClFN4/c1-3-5-11-19-12(17-2)8-13(20-11)18-10-7-4-6-9(15)14(10)16/h4,6-8H,3,5H2,1-2H3,(H2,17,18,19,20). The SMILES string of the molecule is CCCc1nc(NC)cc(Nc2cccc(Cl)c2F)n1. The van der Waals surface area contributed by atoms with Crippen LogP contribution in [0.25, 0.3) is 0 Å². The van der Waals surface area contributed by atoms with Crippen molar-refractivity contribution in [2.45, 2.75) is 19.8 Å². The fourth-order valence-corrected chi connectivity index (χ4v) is 1.94. The Balaban J connectivity index is 2.32. The van der Waals surface area contributed by atoms with Gasteiger partial charge in [-0.05, 0) is 18.6 Å². The van der Waals surface area contributed by atoms with Crippen LogP contribution in [0.3, 0.4) is 0 Å². The minimum absolute atomic E-state index is 0.0756. The van der Waals surface area contributed by atoms with Crippen LogP contribution >= 0.6 is 11.6 Å². The van der Waals surface area contributed by atoms with E-state index in [0.717, 1.165) is 12.8 Å². The first-order valence-corrected chi connectivity index (χ1v) is 6.78. The number of aryl methyl sites for hydroxylation is 1. The van der Waals surface area contributed by atoms with E-state index < -0.39 is 5.82 Å². The number of anilines is 3. The van der Waals surface area contributed by atoms with Crippen molar-refractivity contribution in [1.82, 2.24) is 9.97 Å². The zero-order valence-electron chi connectivity index (χ0n) is 11.4. The molecule has 0 aliphatic heterocycles. The number of aromatic nitrogens is 2. The summed E-state index contributed by atoms with van der Waals surface area (Å²) in [5, 5.41) is 5.98. The van der Waals surface area contributed by atoms with Crippen LogP contribution in [0.4, 0.5) is 21.7 Å². The smallest absolute Gasteiger partial charge is 0.165 e. The lowest BCUT2D eigenvalue weighted by atomic mass is 10.3. The number of benzene rings is 1. The van der Waals surface area contributed by atoms with E-state index in [1.54, 1.807) is 25.2 Å². The molecule has 0 bridgehead atoms. The van der Waals surface area contributed by atoms with Crippen molar-refractivity contribution in [3.05, 3.63) is 40.9 Å². The van der Waals surface area contributed by atoms with Crippen molar-refractivity contribution in [3.63, 3.8) is 0 Å². The maximum Gasteiger partial charge on any atom is 0.165 e. The summed E-state index contributed by atoms with van der Waals surface area (Å²) in [6.45, 7) is 2.05. The predicted octanol–water partition coefficient (Wildman–Crippen LogP) is 4.01. The third kappa shape index (κ3) is 3.36. The van der Waals surface area contributed by atoms with Crippen molar-refractivity contribution in [3.8, 4) is 0 Å². The van der Waals surface area contributed by atoms with Crippen LogP contribution < -0.4 is 10.6 Å². The molecule has 0 spiro atoms. The topological polar surface area (TPSA) is 49.8 Å². The lowest BCUT2D eigenvalue weighted by Gasteiger charge is -2.10. The molecule has 0 fully saturated rings. The summed E-state index contributed by atoms with van der Waals surface area (Å²) < 4.78 is 13.9. The first-order valence-electron chi connectivity index (χ1n) is 6.40. The van der Waals surface area contributed by atoms with Gasteiger partial charge < -0.3 is 10.6 Å². The normalized spacial score (nSPS) is 10.4. The molecule has 0 amide bonds. The highest BCUT2D eigenvalue weighted by Gasteiger charge is 2.09. The molecule has 1 heterocycles. The Morgan fingerprint density at radius 2 is 2.00 bits per heavy atom. The molecule has 1 aromatic carbocycles. The second kappa shape index (κ2) is 6.52. The molecule has 0 aliphatic carbocycles. The van der Waals surface area contributed by atoms with E-state index in [2.05, 4.69) is 27.5 Å². The number of nitrogens with zero attached hydrogens (tertiary/aromatic N) is 2. The van der Waals surface area contributed by atoms with Gasteiger partial charge in [-0.3, -0.25) is 0 Å². The van der Waals surface area contributed by atoms with Crippen molar-refractivity contribution >= 4 is 28.9 Å². The molecule has 0 aliphatic rings. The van der Waals surface area contributed by atoms with Crippen LogP contribution in [-0.2, 0) is 6.42 Å².